The van der Waals surface area contributed by atoms with Crippen LogP contribution in [0.1, 0.15) is 22.3 Å². The fourth-order valence-electron chi connectivity index (χ4n) is 3.25. The predicted octanol–water partition coefficient (Wildman–Crippen LogP) is 3.84. The lowest BCUT2D eigenvalue weighted by atomic mass is 9.77. The molecule has 3 aromatic carbocycles. The second-order valence-electron chi connectivity index (χ2n) is 6.06. The van der Waals surface area contributed by atoms with Crippen LogP contribution in [0.15, 0.2) is 84.9 Å². The minimum absolute atomic E-state index is 0.407. The summed E-state index contributed by atoms with van der Waals surface area (Å²) in [7, 11) is 0. The maximum atomic E-state index is 5.83. The molecule has 0 saturated heterocycles. The Morgan fingerprint density at radius 2 is 1.17 bits per heavy atom. The summed E-state index contributed by atoms with van der Waals surface area (Å²) in [4.78, 5) is 0. The average Bonchev–Trinajstić information content (AvgIpc) is 2.65. The van der Waals surface area contributed by atoms with Crippen molar-refractivity contribution in [2.24, 2.45) is 5.73 Å². The number of aryl methyl sites for hydroxylation is 1. The minimum atomic E-state index is -0.407. The molecule has 0 spiro atoms. The van der Waals surface area contributed by atoms with Gasteiger partial charge in [0.05, 0.1) is 5.54 Å². The summed E-state index contributed by atoms with van der Waals surface area (Å²) in [5, 5.41) is 3.73. The van der Waals surface area contributed by atoms with Gasteiger partial charge in [0.1, 0.15) is 0 Å². The van der Waals surface area contributed by atoms with E-state index in [9.17, 15) is 0 Å². The molecule has 3 aromatic rings. The molecule has 0 heterocycles. The van der Waals surface area contributed by atoms with Gasteiger partial charge in [0.25, 0.3) is 0 Å². The van der Waals surface area contributed by atoms with E-state index in [2.05, 4.69) is 97.2 Å². The first kappa shape index (κ1) is 16.4. The number of rotatable bonds is 6. The summed E-state index contributed by atoms with van der Waals surface area (Å²) in [5.74, 6) is 0. The van der Waals surface area contributed by atoms with Gasteiger partial charge in [-0.1, -0.05) is 90.5 Å². The van der Waals surface area contributed by atoms with Crippen LogP contribution >= 0.6 is 0 Å². The topological polar surface area (TPSA) is 38.0 Å². The van der Waals surface area contributed by atoms with Crippen molar-refractivity contribution in [3.63, 3.8) is 0 Å². The fraction of sp³-hybridized carbons (Fsp3) is 0.182. The number of hydrogen-bond donors (Lipinski definition) is 2. The molecule has 0 amide bonds. The highest BCUT2D eigenvalue weighted by molar-refractivity contribution is 5.49. The molecule has 3 N–H and O–H groups in total. The van der Waals surface area contributed by atoms with Crippen molar-refractivity contribution >= 4 is 0 Å². The molecule has 0 aliphatic carbocycles. The Labute approximate surface area is 144 Å². The van der Waals surface area contributed by atoms with Crippen molar-refractivity contribution < 1.29 is 0 Å². The lowest BCUT2D eigenvalue weighted by molar-refractivity contribution is 0.479. The summed E-state index contributed by atoms with van der Waals surface area (Å²) >= 11 is 0. The second kappa shape index (κ2) is 7.43. The first-order chi connectivity index (χ1) is 11.8. The number of hydrogen-bond acceptors (Lipinski definition) is 2. The van der Waals surface area contributed by atoms with Crippen LogP contribution in [0.4, 0.5) is 0 Å². The van der Waals surface area contributed by atoms with E-state index in [1.807, 2.05) is 0 Å². The molecule has 0 saturated carbocycles. The van der Waals surface area contributed by atoms with Crippen molar-refractivity contribution in [1.29, 1.82) is 0 Å². The van der Waals surface area contributed by atoms with Crippen LogP contribution in [0.2, 0.25) is 0 Å². The molecule has 0 bridgehead atoms. The molecule has 3 rings (SSSR count). The number of nitrogens with two attached hydrogens (primary N) is 1. The van der Waals surface area contributed by atoms with E-state index in [1.54, 1.807) is 0 Å². The van der Waals surface area contributed by atoms with Gasteiger partial charge < -0.3 is 5.73 Å². The molecule has 0 aliphatic heterocycles. The normalized spacial score (nSPS) is 11.4. The molecule has 122 valence electrons. The van der Waals surface area contributed by atoms with Gasteiger partial charge in [-0.3, -0.25) is 5.32 Å². The van der Waals surface area contributed by atoms with Gasteiger partial charge in [0.15, 0.2) is 0 Å². The van der Waals surface area contributed by atoms with Crippen molar-refractivity contribution in [3.05, 3.63) is 107 Å². The van der Waals surface area contributed by atoms with E-state index >= 15 is 0 Å². The van der Waals surface area contributed by atoms with E-state index < -0.39 is 5.54 Å². The maximum Gasteiger partial charge on any atom is 0.0948 e. The van der Waals surface area contributed by atoms with Crippen LogP contribution in [0.3, 0.4) is 0 Å². The highest BCUT2D eigenvalue weighted by atomic mass is 15.0. The minimum Gasteiger partial charge on any atom is -0.329 e. The van der Waals surface area contributed by atoms with Gasteiger partial charge in [-0.2, -0.15) is 0 Å². The quantitative estimate of drug-likeness (QED) is 0.678. The molecule has 0 unspecified atom stereocenters. The van der Waals surface area contributed by atoms with Crippen molar-refractivity contribution in [1.82, 2.24) is 5.32 Å². The maximum absolute atomic E-state index is 5.83. The molecule has 0 radical (unpaired) electrons. The first-order valence-corrected chi connectivity index (χ1v) is 8.40. The third kappa shape index (κ3) is 3.12. The van der Waals surface area contributed by atoms with Crippen LogP contribution in [0, 0.1) is 6.92 Å². The molecular weight excluding hydrogens is 292 g/mol. The van der Waals surface area contributed by atoms with Crippen LogP contribution in [-0.2, 0) is 5.54 Å². The van der Waals surface area contributed by atoms with E-state index in [-0.39, 0.29) is 0 Å². The lowest BCUT2D eigenvalue weighted by Crippen LogP contribution is -2.46. The monoisotopic (exact) mass is 316 g/mol. The third-order valence-electron chi connectivity index (χ3n) is 4.43. The molecular formula is C22H24N2. The Kier molecular flexibility index (Phi) is 5.09. The first-order valence-electron chi connectivity index (χ1n) is 8.40. The van der Waals surface area contributed by atoms with Crippen LogP contribution in [-0.4, -0.2) is 13.1 Å². The van der Waals surface area contributed by atoms with Crippen molar-refractivity contribution in [2.45, 2.75) is 12.5 Å². The van der Waals surface area contributed by atoms with Crippen LogP contribution in [0.5, 0.6) is 0 Å². The number of nitrogens with one attached hydrogen (secondary N) is 1. The third-order valence-corrected chi connectivity index (χ3v) is 4.43. The van der Waals surface area contributed by atoms with Gasteiger partial charge in [0, 0.05) is 13.1 Å². The molecule has 2 heteroatoms. The molecule has 0 fully saturated rings. The average molecular weight is 316 g/mol. The van der Waals surface area contributed by atoms with Crippen LogP contribution < -0.4 is 11.1 Å². The summed E-state index contributed by atoms with van der Waals surface area (Å²) in [6.45, 7) is 3.44. The summed E-state index contributed by atoms with van der Waals surface area (Å²) in [5.41, 5.74) is 10.3. The zero-order valence-corrected chi connectivity index (χ0v) is 14.1. The number of benzene rings is 3. The smallest absolute Gasteiger partial charge is 0.0948 e. The van der Waals surface area contributed by atoms with E-state index in [0.29, 0.717) is 6.54 Å². The van der Waals surface area contributed by atoms with Gasteiger partial charge in [0.2, 0.25) is 0 Å². The van der Waals surface area contributed by atoms with Crippen LogP contribution in [0.25, 0.3) is 0 Å². The van der Waals surface area contributed by atoms with Crippen molar-refractivity contribution in [2.75, 3.05) is 13.1 Å². The summed E-state index contributed by atoms with van der Waals surface area (Å²) < 4.78 is 0. The molecule has 2 nitrogen and oxygen atoms in total. The summed E-state index contributed by atoms with van der Waals surface area (Å²) in [6.07, 6.45) is 0. The van der Waals surface area contributed by atoms with Gasteiger partial charge >= 0.3 is 0 Å². The largest absolute Gasteiger partial charge is 0.329 e. The molecule has 0 aliphatic rings. The molecule has 0 aromatic heterocycles. The predicted molar refractivity (Wildman–Crippen MR) is 101 cm³/mol. The van der Waals surface area contributed by atoms with Gasteiger partial charge in [-0.25, -0.2) is 0 Å². The Hall–Kier alpha value is -2.42. The summed E-state index contributed by atoms with van der Waals surface area (Å²) in [6, 6.07) is 29.9. The van der Waals surface area contributed by atoms with Crippen molar-refractivity contribution in [3.8, 4) is 0 Å². The molecule has 24 heavy (non-hydrogen) atoms. The van der Waals surface area contributed by atoms with E-state index in [1.165, 1.54) is 22.3 Å². The molecule has 0 atom stereocenters. The van der Waals surface area contributed by atoms with E-state index in [0.717, 1.165) is 6.54 Å². The lowest BCUT2D eigenvalue weighted by Gasteiger charge is -2.37. The highest BCUT2D eigenvalue weighted by Crippen LogP contribution is 2.36. The Morgan fingerprint density at radius 1 is 0.708 bits per heavy atom. The zero-order chi connectivity index (χ0) is 16.8. The van der Waals surface area contributed by atoms with Gasteiger partial charge in [-0.15, -0.1) is 0 Å². The second-order valence-corrected chi connectivity index (χ2v) is 6.06. The Morgan fingerprint density at radius 3 is 1.62 bits per heavy atom. The Bertz CT molecular complexity index is 709. The standard InChI is InChI=1S/C22H24N2/c1-18-12-14-21(15-13-18)22(24-17-16-23,19-8-4-2-5-9-19)20-10-6-3-7-11-20/h2-15,24H,16-17,23H2,1H3. The fourth-order valence-corrected chi connectivity index (χ4v) is 3.25. The van der Waals surface area contributed by atoms with E-state index in [4.69, 9.17) is 5.73 Å². The Balaban J connectivity index is 2.26. The van der Waals surface area contributed by atoms with Gasteiger partial charge in [-0.05, 0) is 23.6 Å². The zero-order valence-electron chi connectivity index (χ0n) is 14.1. The SMILES string of the molecule is Cc1ccc(C(NCCN)(c2ccccc2)c2ccccc2)cc1. The highest BCUT2D eigenvalue weighted by Gasteiger charge is 2.35.